The highest BCUT2D eigenvalue weighted by molar-refractivity contribution is 7.99. The van der Waals surface area contributed by atoms with Crippen LogP contribution in [0.4, 0.5) is 10.2 Å². The number of thioether (sulfide) groups is 1. The van der Waals surface area contributed by atoms with E-state index in [0.717, 1.165) is 4.68 Å². The van der Waals surface area contributed by atoms with E-state index in [4.69, 9.17) is 17.1 Å². The summed E-state index contributed by atoms with van der Waals surface area (Å²) in [7, 11) is 0. The molecule has 194 valence electrons. The molecule has 2 heterocycles. The van der Waals surface area contributed by atoms with E-state index < -0.39 is 84.6 Å². The Bertz CT molecular complexity index is 1620. The molecular weight excluding hydrogens is 487 g/mol. The standard InChI is InChI=1S/C24H31FN6O4S/c1-3-8-36-24-27-22(26-16-10-14(16)13-5-4-12(2)15(25)9-13)19-23(28-24)31(30-29-19)17-11-18(35-7-6-32)21(34)20(17)33/h4-5,9,14,16-18,20-21,32-34H,3,6-8,10-11H2,1-2H3,(H,26,27,28)/t14-,16+,17+,18-,20-,21+/m0/s1/i4D,5D,6D2,8D2,9D,14D,16D. The van der Waals surface area contributed by atoms with Gasteiger partial charge in [0.2, 0.25) is 0 Å². The minimum absolute atomic E-state index is 0.0479. The zero-order valence-corrected chi connectivity index (χ0v) is 20.2. The van der Waals surface area contributed by atoms with Gasteiger partial charge in [0.1, 0.15) is 18.0 Å². The molecule has 0 saturated heterocycles. The van der Waals surface area contributed by atoms with Crippen LogP contribution in [0.3, 0.4) is 0 Å². The van der Waals surface area contributed by atoms with Crippen LogP contribution in [-0.2, 0) is 4.74 Å². The summed E-state index contributed by atoms with van der Waals surface area (Å²) in [5.41, 5.74) is -2.61. The Hall–Kier alpha value is -2.38. The molecule has 3 aromatic rings. The van der Waals surface area contributed by atoms with Crippen LogP contribution in [-0.4, -0.2) is 83.5 Å². The van der Waals surface area contributed by atoms with Gasteiger partial charge in [-0.05, 0) is 36.9 Å². The summed E-state index contributed by atoms with van der Waals surface area (Å²) in [6.45, 7) is -0.599. The van der Waals surface area contributed by atoms with Gasteiger partial charge in [0.25, 0.3) is 0 Å². The van der Waals surface area contributed by atoms with Gasteiger partial charge in [-0.3, -0.25) is 0 Å². The second-order valence-electron chi connectivity index (χ2n) is 8.40. The molecule has 0 unspecified atom stereocenters. The van der Waals surface area contributed by atoms with Crippen molar-refractivity contribution in [2.75, 3.05) is 24.2 Å². The lowest BCUT2D eigenvalue weighted by molar-refractivity contribution is -0.0629. The quantitative estimate of drug-likeness (QED) is 0.229. The van der Waals surface area contributed by atoms with Crippen LogP contribution >= 0.6 is 11.8 Å². The topological polar surface area (TPSA) is 138 Å². The minimum atomic E-state index is -2.68. The number of fused-ring (bicyclic) bond motifs is 1. The predicted molar refractivity (Wildman–Crippen MR) is 133 cm³/mol. The Labute approximate surface area is 224 Å². The highest BCUT2D eigenvalue weighted by atomic mass is 32.2. The van der Waals surface area contributed by atoms with E-state index in [0.29, 0.717) is 11.8 Å². The number of halogens is 1. The fourth-order valence-corrected chi connectivity index (χ4v) is 4.60. The SMILES string of the molecule is [2H]c1c([2H])c([C@]2([2H])C[C@@]2([2H])Nc2nc(SC([2H])([2H])CC)nc3c2nnn3[C@@H]2C[C@H](OCC([2H])([2H])O)[C@@H](O)[C@H]2O)c([2H])c(F)c1C. The van der Waals surface area contributed by atoms with Gasteiger partial charge in [0.05, 0.1) is 33.5 Å². The van der Waals surface area contributed by atoms with E-state index in [2.05, 4.69) is 25.6 Å². The molecule has 2 saturated carbocycles. The fraction of sp³-hybridized carbons (Fsp3) is 0.583. The zero-order valence-electron chi connectivity index (χ0n) is 28.4. The molecule has 0 aliphatic heterocycles. The predicted octanol–water partition coefficient (Wildman–Crippen LogP) is 2.18. The van der Waals surface area contributed by atoms with Gasteiger partial charge in [-0.2, -0.15) is 0 Å². The van der Waals surface area contributed by atoms with Crippen LogP contribution in [0.2, 0.25) is 0 Å². The lowest BCUT2D eigenvalue weighted by Crippen LogP contribution is -2.33. The molecule has 2 fully saturated rings. The summed E-state index contributed by atoms with van der Waals surface area (Å²) in [6.07, 6.45) is -4.47. The van der Waals surface area contributed by atoms with Gasteiger partial charge >= 0.3 is 0 Å². The van der Waals surface area contributed by atoms with E-state index in [1.807, 2.05) is 0 Å². The number of anilines is 1. The summed E-state index contributed by atoms with van der Waals surface area (Å²) in [5, 5.41) is 41.5. The van der Waals surface area contributed by atoms with Crippen molar-refractivity contribution < 1.29 is 36.8 Å². The largest absolute Gasteiger partial charge is 0.394 e. The average molecular weight is 528 g/mol. The summed E-state index contributed by atoms with van der Waals surface area (Å²) in [6, 6.07) is -4.82. The molecule has 2 aromatic heterocycles. The molecule has 10 nitrogen and oxygen atoms in total. The first-order valence-electron chi connectivity index (χ1n) is 15.8. The highest BCUT2D eigenvalue weighted by Crippen LogP contribution is 2.44. The number of aromatic nitrogens is 5. The molecule has 0 amide bonds. The maximum atomic E-state index is 14.8. The van der Waals surface area contributed by atoms with Crippen LogP contribution in [0.25, 0.3) is 11.2 Å². The lowest BCUT2D eigenvalue weighted by atomic mass is 10.1. The van der Waals surface area contributed by atoms with Crippen molar-refractivity contribution in [3.63, 3.8) is 0 Å². The van der Waals surface area contributed by atoms with E-state index in [1.165, 1.54) is 6.92 Å². The summed E-state index contributed by atoms with van der Waals surface area (Å²) < 4.78 is 94.7. The van der Waals surface area contributed by atoms with Crippen molar-refractivity contribution >= 4 is 28.7 Å². The maximum Gasteiger partial charge on any atom is 0.191 e. The maximum absolute atomic E-state index is 14.8. The number of aliphatic hydroxyl groups excluding tert-OH is 2. The number of hydrogen-bond acceptors (Lipinski definition) is 10. The number of hydrogen-bond donors (Lipinski definition) is 4. The second-order valence-corrected chi connectivity index (χ2v) is 9.26. The van der Waals surface area contributed by atoms with Crippen LogP contribution in [0.1, 0.15) is 61.6 Å². The molecule has 1 aromatic carbocycles. The van der Waals surface area contributed by atoms with Gasteiger partial charge in [0.15, 0.2) is 22.1 Å². The van der Waals surface area contributed by atoms with Gasteiger partial charge in [-0.1, -0.05) is 36.0 Å². The van der Waals surface area contributed by atoms with E-state index in [1.54, 1.807) is 6.92 Å². The number of benzene rings is 1. The summed E-state index contributed by atoms with van der Waals surface area (Å²) in [5.74, 6) is -3.27. The third kappa shape index (κ3) is 4.92. The molecule has 6 atom stereocenters. The van der Waals surface area contributed by atoms with Gasteiger partial charge in [-0.15, -0.1) is 5.10 Å². The fourth-order valence-electron chi connectivity index (χ4n) is 4.05. The normalized spacial score (nSPS) is 36.1. The van der Waals surface area contributed by atoms with Gasteiger partial charge in [-0.25, -0.2) is 19.0 Å². The first-order valence-corrected chi connectivity index (χ1v) is 12.1. The minimum Gasteiger partial charge on any atom is -0.394 e. The van der Waals surface area contributed by atoms with E-state index in [-0.39, 0.29) is 47.0 Å². The first kappa shape index (κ1) is 16.5. The molecule has 0 bridgehead atoms. The molecular formula is C24H31FN6O4S. The summed E-state index contributed by atoms with van der Waals surface area (Å²) >= 11 is 0.649. The van der Waals surface area contributed by atoms with Crippen LogP contribution in [0.5, 0.6) is 0 Å². The summed E-state index contributed by atoms with van der Waals surface area (Å²) in [4.78, 5) is 8.71. The Balaban J connectivity index is 1.55. The molecule has 2 aliphatic carbocycles. The third-order valence-corrected chi connectivity index (χ3v) is 6.79. The average Bonchev–Trinajstić information content (AvgIpc) is 3.20. The molecule has 5 rings (SSSR count). The van der Waals surface area contributed by atoms with Crippen molar-refractivity contribution in [1.82, 2.24) is 25.0 Å². The van der Waals surface area contributed by atoms with Gasteiger partial charge in [0, 0.05) is 28.1 Å². The highest BCUT2D eigenvalue weighted by Gasteiger charge is 2.45. The Morgan fingerprint density at radius 3 is 2.94 bits per heavy atom. The molecule has 12 heteroatoms. The number of ether oxygens (including phenoxy) is 1. The second kappa shape index (κ2) is 10.5. The molecule has 4 N–H and O–H groups in total. The van der Waals surface area contributed by atoms with Crippen molar-refractivity contribution in [2.45, 2.75) is 74.5 Å². The van der Waals surface area contributed by atoms with Crippen LogP contribution in [0.15, 0.2) is 23.3 Å². The smallest absolute Gasteiger partial charge is 0.191 e. The monoisotopic (exact) mass is 527 g/mol. The lowest BCUT2D eigenvalue weighted by Gasteiger charge is -2.17. The van der Waals surface area contributed by atoms with Crippen molar-refractivity contribution in [3.8, 4) is 0 Å². The molecule has 0 radical (unpaired) electrons. The zero-order chi connectivity index (χ0) is 33.4. The van der Waals surface area contributed by atoms with Crippen molar-refractivity contribution in [3.05, 3.63) is 35.1 Å². The van der Waals surface area contributed by atoms with E-state index >= 15 is 0 Å². The van der Waals surface area contributed by atoms with Gasteiger partial charge < -0.3 is 25.4 Å². The first-order chi connectivity index (χ1) is 20.7. The number of rotatable bonds is 10. The number of nitrogens with one attached hydrogen (secondary N) is 1. The number of aliphatic hydroxyl groups is 3. The Morgan fingerprint density at radius 2 is 2.17 bits per heavy atom. The molecule has 0 spiro atoms. The van der Waals surface area contributed by atoms with Crippen LogP contribution < -0.4 is 5.32 Å². The van der Waals surface area contributed by atoms with Crippen molar-refractivity contribution in [2.24, 2.45) is 0 Å². The molecule has 2 aliphatic rings. The van der Waals surface area contributed by atoms with Crippen molar-refractivity contribution in [1.29, 1.82) is 0 Å². The number of nitrogens with zero attached hydrogens (tertiary/aromatic N) is 5. The molecule has 36 heavy (non-hydrogen) atoms. The van der Waals surface area contributed by atoms with E-state index in [9.17, 15) is 19.7 Å². The third-order valence-electron chi connectivity index (χ3n) is 5.99. The Kier molecular flexibility index (Phi) is 4.82. The van der Waals surface area contributed by atoms with Crippen LogP contribution in [0, 0.1) is 12.7 Å². The Morgan fingerprint density at radius 1 is 1.33 bits per heavy atom.